The van der Waals surface area contributed by atoms with Gasteiger partial charge in [0.15, 0.2) is 0 Å². The highest BCUT2D eigenvalue weighted by Gasteiger charge is 2.26. The summed E-state index contributed by atoms with van der Waals surface area (Å²) in [6.45, 7) is 1.70. The summed E-state index contributed by atoms with van der Waals surface area (Å²) in [5, 5.41) is 8.71. The van der Waals surface area contributed by atoms with E-state index in [1.54, 1.807) is 11.7 Å². The number of nitrogen functional groups attached to an aromatic ring is 1. The van der Waals surface area contributed by atoms with Crippen LogP contribution in [0.1, 0.15) is 26.9 Å². The van der Waals surface area contributed by atoms with Gasteiger partial charge in [-0.1, -0.05) is 0 Å². The minimum atomic E-state index is -0.818. The van der Waals surface area contributed by atoms with Crippen LogP contribution >= 0.6 is 11.3 Å². The Morgan fingerprint density at radius 1 is 1.24 bits per heavy atom. The van der Waals surface area contributed by atoms with Crippen molar-refractivity contribution in [2.75, 3.05) is 42.3 Å². The number of anilines is 3. The number of halogens is 2. The second-order valence-corrected chi connectivity index (χ2v) is 9.57. The van der Waals surface area contributed by atoms with Crippen molar-refractivity contribution in [3.8, 4) is 0 Å². The number of nitrogens with zero attached hydrogens (tertiary/aromatic N) is 6. The van der Waals surface area contributed by atoms with Gasteiger partial charge < -0.3 is 20.3 Å². The molecule has 0 spiro atoms. The molecule has 4 aromatic rings. The second kappa shape index (κ2) is 10.2. The third-order valence-electron chi connectivity index (χ3n) is 5.87. The van der Waals surface area contributed by atoms with Crippen LogP contribution in [-0.4, -0.2) is 57.8 Å². The Bertz CT molecular complexity index is 1430. The van der Waals surface area contributed by atoms with E-state index in [-0.39, 0.29) is 5.56 Å². The first-order chi connectivity index (χ1) is 17.8. The number of amides is 1. The van der Waals surface area contributed by atoms with Gasteiger partial charge in [-0.25, -0.2) is 34.2 Å². The van der Waals surface area contributed by atoms with E-state index in [1.807, 2.05) is 22.9 Å². The van der Waals surface area contributed by atoms with E-state index in [0.29, 0.717) is 43.7 Å². The van der Waals surface area contributed by atoms with Gasteiger partial charge >= 0.3 is 0 Å². The Balaban J connectivity index is 1.30. The van der Waals surface area contributed by atoms with Gasteiger partial charge in [0.2, 0.25) is 11.9 Å². The van der Waals surface area contributed by atoms with Gasteiger partial charge in [0.05, 0.1) is 41.7 Å². The highest BCUT2D eigenvalue weighted by molar-refractivity contribution is 7.19. The van der Waals surface area contributed by atoms with Crippen LogP contribution in [0.5, 0.6) is 0 Å². The standard InChI is InChI=1S/C23H22F2N8O3S/c1-32(22-27-7-13(8-28-22)21(34)31-35)10-14-6-17-19(37-14)9-29-23(30-17)33-2-3-36-18(11-33)12-4-15(24)20(26)16(25)5-12/h4-9,18,35H,2-3,10-11,26H2,1H3,(H,31,34). The Kier molecular flexibility index (Phi) is 6.78. The quantitative estimate of drug-likeness (QED) is 0.194. The zero-order valence-corrected chi connectivity index (χ0v) is 20.4. The van der Waals surface area contributed by atoms with Gasteiger partial charge in [0.1, 0.15) is 23.4 Å². The van der Waals surface area contributed by atoms with Crippen LogP contribution < -0.4 is 21.0 Å². The van der Waals surface area contributed by atoms with Crippen LogP contribution in [0.2, 0.25) is 0 Å². The van der Waals surface area contributed by atoms with E-state index in [9.17, 15) is 13.6 Å². The summed E-state index contributed by atoms with van der Waals surface area (Å²) in [6, 6.07) is 4.34. The fourth-order valence-corrected chi connectivity index (χ4v) is 4.96. The Morgan fingerprint density at radius 2 is 1.97 bits per heavy atom. The predicted octanol–water partition coefficient (Wildman–Crippen LogP) is 2.67. The Morgan fingerprint density at radius 3 is 2.68 bits per heavy atom. The molecule has 4 N–H and O–H groups in total. The average molecular weight is 529 g/mol. The molecule has 1 aliphatic rings. The summed E-state index contributed by atoms with van der Waals surface area (Å²) in [6.07, 6.45) is 3.85. The lowest BCUT2D eigenvalue weighted by Gasteiger charge is -2.33. The van der Waals surface area contributed by atoms with Gasteiger partial charge in [-0.15, -0.1) is 11.3 Å². The lowest BCUT2D eigenvalue weighted by atomic mass is 10.1. The molecule has 11 nitrogen and oxygen atoms in total. The van der Waals surface area contributed by atoms with Crippen molar-refractivity contribution in [2.45, 2.75) is 12.6 Å². The molecule has 0 saturated carbocycles. The van der Waals surface area contributed by atoms with E-state index in [0.717, 1.165) is 15.1 Å². The Labute approximate surface area is 213 Å². The van der Waals surface area contributed by atoms with Crippen molar-refractivity contribution in [3.05, 3.63) is 64.4 Å². The van der Waals surface area contributed by atoms with E-state index >= 15 is 0 Å². The first-order valence-electron chi connectivity index (χ1n) is 11.2. The molecule has 1 saturated heterocycles. The number of benzene rings is 1. The maximum absolute atomic E-state index is 14.0. The van der Waals surface area contributed by atoms with Crippen LogP contribution in [0, 0.1) is 11.6 Å². The van der Waals surface area contributed by atoms with Crippen molar-refractivity contribution < 1.29 is 23.5 Å². The zero-order chi connectivity index (χ0) is 26.1. The molecule has 192 valence electrons. The van der Waals surface area contributed by atoms with Crippen molar-refractivity contribution >= 4 is 45.0 Å². The molecule has 14 heteroatoms. The molecule has 3 aromatic heterocycles. The van der Waals surface area contributed by atoms with E-state index < -0.39 is 29.3 Å². The molecule has 4 heterocycles. The number of rotatable bonds is 6. The fraction of sp³-hybridized carbons (Fsp3) is 0.261. The molecule has 1 aromatic carbocycles. The van der Waals surface area contributed by atoms with Crippen LogP contribution in [0.25, 0.3) is 10.2 Å². The molecule has 0 aliphatic carbocycles. The molecule has 0 bridgehead atoms. The summed E-state index contributed by atoms with van der Waals surface area (Å²) in [5.74, 6) is -1.42. The number of thiophene rings is 1. The van der Waals surface area contributed by atoms with Gasteiger partial charge in [-0.3, -0.25) is 10.0 Å². The van der Waals surface area contributed by atoms with E-state index in [2.05, 4.69) is 15.0 Å². The number of fused-ring (bicyclic) bond motifs is 1. The van der Waals surface area contributed by atoms with Gasteiger partial charge in [0, 0.05) is 30.9 Å². The summed E-state index contributed by atoms with van der Waals surface area (Å²) < 4.78 is 34.6. The summed E-state index contributed by atoms with van der Waals surface area (Å²) in [4.78, 5) is 33.7. The number of morpholine rings is 1. The molecule has 0 radical (unpaired) electrons. The molecule has 1 fully saturated rings. The number of carbonyl (C=O) groups is 1. The minimum absolute atomic E-state index is 0.140. The average Bonchev–Trinajstić information content (AvgIpc) is 3.32. The number of aromatic nitrogens is 4. The van der Waals surface area contributed by atoms with Crippen LogP contribution in [0.4, 0.5) is 26.4 Å². The summed E-state index contributed by atoms with van der Waals surface area (Å²) >= 11 is 1.53. The smallest absolute Gasteiger partial charge is 0.277 e. The molecular weight excluding hydrogens is 506 g/mol. The van der Waals surface area contributed by atoms with Crippen molar-refractivity contribution in [1.82, 2.24) is 25.4 Å². The minimum Gasteiger partial charge on any atom is -0.394 e. The third kappa shape index (κ3) is 5.12. The summed E-state index contributed by atoms with van der Waals surface area (Å²) in [7, 11) is 1.82. The molecule has 1 atom stereocenters. The predicted molar refractivity (Wildman–Crippen MR) is 132 cm³/mol. The largest absolute Gasteiger partial charge is 0.394 e. The second-order valence-electron chi connectivity index (χ2n) is 8.40. The van der Waals surface area contributed by atoms with Crippen LogP contribution in [0.3, 0.4) is 0 Å². The number of nitrogens with two attached hydrogens (primary N) is 1. The number of carbonyl (C=O) groups excluding carboxylic acids is 1. The van der Waals surface area contributed by atoms with Crippen molar-refractivity contribution in [2.24, 2.45) is 0 Å². The Hall–Kier alpha value is -4.01. The number of hydrogen-bond donors (Lipinski definition) is 3. The molecule has 37 heavy (non-hydrogen) atoms. The van der Waals surface area contributed by atoms with E-state index in [4.69, 9.17) is 20.7 Å². The lowest BCUT2D eigenvalue weighted by Crippen LogP contribution is -2.39. The zero-order valence-electron chi connectivity index (χ0n) is 19.6. The van der Waals surface area contributed by atoms with Crippen LogP contribution in [0.15, 0.2) is 36.8 Å². The highest BCUT2D eigenvalue weighted by Crippen LogP contribution is 2.30. The number of hydrogen-bond acceptors (Lipinski definition) is 11. The fourth-order valence-electron chi connectivity index (χ4n) is 3.94. The first kappa shape index (κ1) is 24.7. The van der Waals surface area contributed by atoms with Gasteiger partial charge in [-0.05, 0) is 23.8 Å². The number of ether oxygens (including phenoxy) is 1. The van der Waals surface area contributed by atoms with Crippen molar-refractivity contribution in [3.63, 3.8) is 0 Å². The molecule has 5 rings (SSSR count). The molecule has 1 amide bonds. The first-order valence-corrected chi connectivity index (χ1v) is 12.0. The van der Waals surface area contributed by atoms with Crippen LogP contribution in [-0.2, 0) is 11.3 Å². The van der Waals surface area contributed by atoms with Crippen molar-refractivity contribution in [1.29, 1.82) is 0 Å². The monoisotopic (exact) mass is 528 g/mol. The summed E-state index contributed by atoms with van der Waals surface area (Å²) in [5.41, 5.74) is 7.68. The molecular formula is C23H22F2N8O3S. The SMILES string of the molecule is CN(Cc1cc2nc(N3CCOC(c4cc(F)c(N)c(F)c4)C3)ncc2s1)c1ncc(C(=O)NO)cn1. The normalized spacial score (nSPS) is 15.7. The maximum Gasteiger partial charge on any atom is 0.277 e. The maximum atomic E-state index is 14.0. The molecule has 1 aliphatic heterocycles. The third-order valence-corrected chi connectivity index (χ3v) is 6.91. The number of hydroxylamine groups is 1. The topological polar surface area (TPSA) is 143 Å². The number of nitrogens with one attached hydrogen (secondary N) is 1. The highest BCUT2D eigenvalue weighted by atomic mass is 32.1. The van der Waals surface area contributed by atoms with Gasteiger partial charge in [-0.2, -0.15) is 0 Å². The van der Waals surface area contributed by atoms with E-state index in [1.165, 1.54) is 35.9 Å². The lowest BCUT2D eigenvalue weighted by molar-refractivity contribution is 0.0389. The van der Waals surface area contributed by atoms with Gasteiger partial charge in [0.25, 0.3) is 5.91 Å². The molecule has 1 unspecified atom stereocenters.